The van der Waals surface area contributed by atoms with Gasteiger partial charge in [0, 0.05) is 38.8 Å². The number of carbonyl (C=O) groups is 1. The van der Waals surface area contributed by atoms with Crippen molar-refractivity contribution in [1.29, 1.82) is 0 Å². The van der Waals surface area contributed by atoms with Crippen LogP contribution in [0.25, 0.3) is 6.08 Å². The molecule has 1 saturated heterocycles. The van der Waals surface area contributed by atoms with Crippen LogP contribution < -0.4 is 15.0 Å². The third kappa shape index (κ3) is 4.88. The van der Waals surface area contributed by atoms with Gasteiger partial charge in [0.05, 0.1) is 4.90 Å². The highest BCUT2D eigenvalue weighted by atomic mass is 32.2. The summed E-state index contributed by atoms with van der Waals surface area (Å²) in [7, 11) is -3.59. The third-order valence-corrected chi connectivity index (χ3v) is 7.14. The van der Waals surface area contributed by atoms with Crippen LogP contribution in [0.3, 0.4) is 0 Å². The molecule has 9 nitrogen and oxygen atoms in total. The molecule has 0 unspecified atom stereocenters. The van der Waals surface area contributed by atoms with Gasteiger partial charge in [-0.3, -0.25) is 14.9 Å². The lowest BCUT2D eigenvalue weighted by Crippen LogP contribution is -2.48. The molecule has 10 heteroatoms. The summed E-state index contributed by atoms with van der Waals surface area (Å²) >= 11 is 0. The molecule has 2 N–H and O–H groups in total. The number of rotatable bonds is 6. The summed E-state index contributed by atoms with van der Waals surface area (Å²) < 4.78 is 38.2. The minimum atomic E-state index is -3.59. The Labute approximate surface area is 180 Å². The highest BCUT2D eigenvalue weighted by Crippen LogP contribution is 2.33. The SMILES string of the molecule is O=C(/C=C/c1ccc(S(=O)(=O)N2CCN(Cc3ccc4c(c3)OCO4)CC2)cc1)NO. The van der Waals surface area contributed by atoms with E-state index in [1.54, 1.807) is 12.1 Å². The van der Waals surface area contributed by atoms with Gasteiger partial charge in [0.25, 0.3) is 5.91 Å². The summed E-state index contributed by atoms with van der Waals surface area (Å²) in [5.41, 5.74) is 3.24. The number of hydrogen-bond acceptors (Lipinski definition) is 7. The first-order valence-corrected chi connectivity index (χ1v) is 11.2. The molecule has 2 aliphatic rings. The lowest BCUT2D eigenvalue weighted by molar-refractivity contribution is -0.124. The van der Waals surface area contributed by atoms with Crippen molar-refractivity contribution >= 4 is 22.0 Å². The zero-order valence-corrected chi connectivity index (χ0v) is 17.5. The van der Waals surface area contributed by atoms with Crippen molar-refractivity contribution in [3.63, 3.8) is 0 Å². The summed E-state index contributed by atoms with van der Waals surface area (Å²) in [4.78, 5) is 13.5. The van der Waals surface area contributed by atoms with Gasteiger partial charge >= 0.3 is 0 Å². The molecule has 164 valence electrons. The third-order valence-electron chi connectivity index (χ3n) is 5.23. The molecule has 1 fully saturated rings. The summed E-state index contributed by atoms with van der Waals surface area (Å²) in [6, 6.07) is 12.1. The summed E-state index contributed by atoms with van der Waals surface area (Å²) in [6.07, 6.45) is 2.64. The lowest BCUT2D eigenvalue weighted by atomic mass is 10.2. The van der Waals surface area contributed by atoms with E-state index in [0.717, 1.165) is 23.1 Å². The van der Waals surface area contributed by atoms with Crippen molar-refractivity contribution in [1.82, 2.24) is 14.7 Å². The van der Waals surface area contributed by atoms with Crippen LogP contribution in [0.4, 0.5) is 0 Å². The quantitative estimate of drug-likeness (QED) is 0.393. The van der Waals surface area contributed by atoms with Gasteiger partial charge in [-0.1, -0.05) is 18.2 Å². The van der Waals surface area contributed by atoms with Crippen LogP contribution >= 0.6 is 0 Å². The molecule has 31 heavy (non-hydrogen) atoms. The molecule has 0 spiro atoms. The molecular formula is C21H23N3O6S. The predicted octanol–water partition coefficient (Wildman–Crippen LogP) is 1.44. The predicted molar refractivity (Wildman–Crippen MR) is 112 cm³/mol. The number of piperazine rings is 1. The fourth-order valence-electron chi connectivity index (χ4n) is 3.53. The minimum Gasteiger partial charge on any atom is -0.454 e. The summed E-state index contributed by atoms with van der Waals surface area (Å²) in [6.45, 7) is 3.03. The van der Waals surface area contributed by atoms with E-state index >= 15 is 0 Å². The Morgan fingerprint density at radius 3 is 2.45 bits per heavy atom. The summed E-state index contributed by atoms with van der Waals surface area (Å²) in [5.74, 6) is 0.835. The van der Waals surface area contributed by atoms with E-state index in [-0.39, 0.29) is 11.7 Å². The smallest absolute Gasteiger partial charge is 0.267 e. The van der Waals surface area contributed by atoms with Crippen molar-refractivity contribution < 1.29 is 27.9 Å². The molecule has 2 heterocycles. The monoisotopic (exact) mass is 445 g/mol. The van der Waals surface area contributed by atoms with Crippen LogP contribution in [0.1, 0.15) is 11.1 Å². The maximum absolute atomic E-state index is 13.0. The van der Waals surface area contributed by atoms with Gasteiger partial charge in [0.1, 0.15) is 0 Å². The van der Waals surface area contributed by atoms with Crippen LogP contribution in [0.15, 0.2) is 53.4 Å². The average Bonchev–Trinajstić information content (AvgIpc) is 3.26. The second-order valence-corrected chi connectivity index (χ2v) is 9.18. The van der Waals surface area contributed by atoms with Gasteiger partial charge in [0.15, 0.2) is 11.5 Å². The number of hydrogen-bond donors (Lipinski definition) is 2. The molecule has 1 amide bonds. The van der Waals surface area contributed by atoms with Crippen molar-refractivity contribution in [2.45, 2.75) is 11.4 Å². The van der Waals surface area contributed by atoms with Crippen LogP contribution in [-0.4, -0.2) is 61.7 Å². The van der Waals surface area contributed by atoms with Crippen LogP contribution in [0, 0.1) is 0 Å². The van der Waals surface area contributed by atoms with Crippen molar-refractivity contribution in [2.75, 3.05) is 33.0 Å². The summed E-state index contributed by atoms with van der Waals surface area (Å²) in [5, 5.41) is 8.50. The Balaban J connectivity index is 1.35. The van der Waals surface area contributed by atoms with Crippen LogP contribution in [0.2, 0.25) is 0 Å². The fraction of sp³-hybridized carbons (Fsp3) is 0.286. The first-order valence-electron chi connectivity index (χ1n) is 9.79. The number of sulfonamides is 1. The Kier molecular flexibility index (Phi) is 6.23. The van der Waals surface area contributed by atoms with E-state index in [1.165, 1.54) is 28.0 Å². The first-order chi connectivity index (χ1) is 15.0. The zero-order valence-electron chi connectivity index (χ0n) is 16.7. The van der Waals surface area contributed by atoms with Gasteiger partial charge in [-0.25, -0.2) is 13.9 Å². The van der Waals surface area contributed by atoms with Crippen molar-refractivity contribution in [2.24, 2.45) is 0 Å². The Bertz CT molecular complexity index is 1080. The molecule has 0 aliphatic carbocycles. The lowest BCUT2D eigenvalue weighted by Gasteiger charge is -2.34. The maximum atomic E-state index is 13.0. The van der Waals surface area contributed by atoms with Gasteiger partial charge in [-0.05, 0) is 41.5 Å². The fourth-order valence-corrected chi connectivity index (χ4v) is 4.96. The molecular weight excluding hydrogens is 422 g/mol. The molecule has 0 aromatic heterocycles. The maximum Gasteiger partial charge on any atom is 0.267 e. The van der Waals surface area contributed by atoms with Gasteiger partial charge in [-0.2, -0.15) is 4.31 Å². The number of fused-ring (bicyclic) bond motifs is 1. The van der Waals surface area contributed by atoms with E-state index in [1.807, 2.05) is 18.2 Å². The Hall–Kier alpha value is -2.92. The van der Waals surface area contributed by atoms with E-state index in [2.05, 4.69) is 4.90 Å². The van der Waals surface area contributed by atoms with Gasteiger partial charge in [-0.15, -0.1) is 0 Å². The zero-order chi connectivity index (χ0) is 21.8. The standard InChI is InChI=1S/C21H23N3O6S/c25-21(22-26)8-4-16-1-5-18(6-2-16)31(27,28)24-11-9-23(10-12-24)14-17-3-7-19-20(13-17)30-15-29-19/h1-8,13,26H,9-12,14-15H2,(H,22,25)/b8-4+. The number of hydroxylamine groups is 1. The molecule has 0 atom stereocenters. The van der Waals surface area contributed by atoms with E-state index in [0.29, 0.717) is 38.3 Å². The largest absolute Gasteiger partial charge is 0.454 e. The minimum absolute atomic E-state index is 0.209. The molecule has 2 aromatic rings. The average molecular weight is 445 g/mol. The molecule has 4 rings (SSSR count). The highest BCUT2D eigenvalue weighted by Gasteiger charge is 2.28. The molecule has 0 bridgehead atoms. The van der Waals surface area contributed by atoms with Gasteiger partial charge < -0.3 is 9.47 Å². The highest BCUT2D eigenvalue weighted by molar-refractivity contribution is 7.89. The second kappa shape index (κ2) is 9.06. The van der Waals surface area contributed by atoms with Gasteiger partial charge in [0.2, 0.25) is 16.8 Å². The topological polar surface area (TPSA) is 108 Å². The molecule has 0 radical (unpaired) electrons. The Morgan fingerprint density at radius 1 is 1.03 bits per heavy atom. The van der Waals surface area contributed by atoms with E-state index in [9.17, 15) is 13.2 Å². The second-order valence-electron chi connectivity index (χ2n) is 7.25. The van der Waals surface area contributed by atoms with Crippen molar-refractivity contribution in [3.05, 3.63) is 59.7 Å². The van der Waals surface area contributed by atoms with Crippen LogP contribution in [0.5, 0.6) is 11.5 Å². The number of amides is 1. The molecule has 2 aromatic carbocycles. The van der Waals surface area contributed by atoms with E-state index in [4.69, 9.17) is 14.7 Å². The first kappa shape index (κ1) is 21.3. The number of nitrogens with one attached hydrogen (secondary N) is 1. The molecule has 2 aliphatic heterocycles. The number of ether oxygens (including phenoxy) is 2. The number of benzene rings is 2. The Morgan fingerprint density at radius 2 is 1.74 bits per heavy atom. The normalized spacial score (nSPS) is 17.2. The van der Waals surface area contributed by atoms with Crippen molar-refractivity contribution in [3.8, 4) is 11.5 Å². The molecule has 0 saturated carbocycles. The number of carbonyl (C=O) groups excluding carboxylic acids is 1. The van der Waals surface area contributed by atoms with E-state index < -0.39 is 15.9 Å². The number of nitrogens with zero attached hydrogens (tertiary/aromatic N) is 2. The van der Waals surface area contributed by atoms with Crippen LogP contribution in [-0.2, 0) is 21.4 Å².